The SMILES string of the molecule is O=C(O)c1ccc(N2CCN(Cc3ccc(C(F)(F)F)cc3-c3ccc(Cl)cc3)CC2)cc1Oc1ccc2[nH]ccc2c1. The van der Waals surface area contributed by atoms with Gasteiger partial charge >= 0.3 is 12.1 Å². The van der Waals surface area contributed by atoms with Gasteiger partial charge in [0, 0.05) is 66.6 Å². The number of aromatic carboxylic acids is 1. The third kappa shape index (κ3) is 6.33. The number of rotatable bonds is 7. The van der Waals surface area contributed by atoms with Crippen LogP contribution in [0, 0.1) is 0 Å². The molecule has 5 aromatic rings. The fourth-order valence-corrected chi connectivity index (χ4v) is 5.51. The summed E-state index contributed by atoms with van der Waals surface area (Å²) in [6.07, 6.45) is -2.62. The number of nitrogens with zero attached hydrogens (tertiary/aromatic N) is 2. The Morgan fingerprint density at radius 1 is 0.907 bits per heavy atom. The van der Waals surface area contributed by atoms with Crippen molar-refractivity contribution in [3.05, 3.63) is 113 Å². The number of halogens is 4. The molecule has 10 heteroatoms. The van der Waals surface area contributed by atoms with Gasteiger partial charge in [-0.1, -0.05) is 29.8 Å². The maximum absolute atomic E-state index is 13.5. The molecular formula is C33H27ClF3N3O3. The third-order valence-electron chi connectivity index (χ3n) is 7.67. The van der Waals surface area contributed by atoms with Crippen molar-refractivity contribution >= 4 is 34.2 Å². The number of hydrogen-bond donors (Lipinski definition) is 2. The van der Waals surface area contributed by atoms with Gasteiger partial charge < -0.3 is 19.7 Å². The second-order valence-electron chi connectivity index (χ2n) is 10.5. The number of ether oxygens (including phenoxy) is 1. The van der Waals surface area contributed by atoms with E-state index in [1.807, 2.05) is 24.4 Å². The van der Waals surface area contributed by atoms with Gasteiger partial charge in [-0.25, -0.2) is 4.79 Å². The Kier molecular flexibility index (Phi) is 7.77. The monoisotopic (exact) mass is 605 g/mol. The van der Waals surface area contributed by atoms with Crippen LogP contribution in [0.15, 0.2) is 91.1 Å². The first-order valence-electron chi connectivity index (χ1n) is 13.7. The minimum absolute atomic E-state index is 0.0635. The Balaban J connectivity index is 1.18. The molecule has 1 fully saturated rings. The first kappa shape index (κ1) is 28.6. The lowest BCUT2D eigenvalue weighted by Gasteiger charge is -2.36. The van der Waals surface area contributed by atoms with Crippen LogP contribution >= 0.6 is 11.6 Å². The van der Waals surface area contributed by atoms with Gasteiger partial charge in [0.2, 0.25) is 0 Å². The lowest BCUT2D eigenvalue weighted by Crippen LogP contribution is -2.46. The summed E-state index contributed by atoms with van der Waals surface area (Å²) in [7, 11) is 0. The molecule has 0 amide bonds. The Hall–Kier alpha value is -4.47. The number of carbonyl (C=O) groups is 1. The topological polar surface area (TPSA) is 68.8 Å². The third-order valence-corrected chi connectivity index (χ3v) is 7.92. The summed E-state index contributed by atoms with van der Waals surface area (Å²) in [5.74, 6) is -0.300. The number of alkyl halides is 3. The van der Waals surface area contributed by atoms with Gasteiger partial charge in [0.1, 0.15) is 17.1 Å². The molecule has 1 aromatic heterocycles. The predicted molar refractivity (Wildman–Crippen MR) is 161 cm³/mol. The highest BCUT2D eigenvalue weighted by molar-refractivity contribution is 6.30. The number of anilines is 1. The standard InChI is InChI=1S/C33H27ClF3N3O3/c34-25-5-2-21(3-6-25)29-18-24(33(35,36)37)4-1-23(29)20-39-13-15-40(16-14-39)26-7-9-28(32(41)42)31(19-26)43-27-8-10-30-22(17-27)11-12-38-30/h1-12,17-19,38H,13-16,20H2,(H,41,42). The predicted octanol–water partition coefficient (Wildman–Crippen LogP) is 8.32. The lowest BCUT2D eigenvalue weighted by molar-refractivity contribution is -0.137. The molecule has 6 nitrogen and oxygen atoms in total. The Morgan fingerprint density at radius 3 is 2.40 bits per heavy atom. The summed E-state index contributed by atoms with van der Waals surface area (Å²) in [5, 5.41) is 11.2. The van der Waals surface area contributed by atoms with Crippen molar-refractivity contribution in [3.8, 4) is 22.6 Å². The van der Waals surface area contributed by atoms with Crippen LogP contribution in [0.2, 0.25) is 5.02 Å². The van der Waals surface area contributed by atoms with E-state index in [0.717, 1.165) is 28.2 Å². The molecule has 0 unspecified atom stereocenters. The first-order chi connectivity index (χ1) is 20.6. The number of H-pyrrole nitrogens is 1. The molecule has 1 aliphatic heterocycles. The van der Waals surface area contributed by atoms with Crippen LogP contribution < -0.4 is 9.64 Å². The van der Waals surface area contributed by atoms with Crippen LogP contribution in [0.4, 0.5) is 18.9 Å². The van der Waals surface area contributed by atoms with Crippen LogP contribution in [0.1, 0.15) is 21.5 Å². The fourth-order valence-electron chi connectivity index (χ4n) is 5.38. The van der Waals surface area contributed by atoms with Crippen LogP contribution in [0.5, 0.6) is 11.5 Å². The molecule has 1 aliphatic rings. The molecule has 0 bridgehead atoms. The fraction of sp³-hybridized carbons (Fsp3) is 0.182. The molecule has 2 N–H and O–H groups in total. The van der Waals surface area contributed by atoms with E-state index in [1.165, 1.54) is 6.07 Å². The molecule has 6 rings (SSSR count). The average molecular weight is 606 g/mol. The van der Waals surface area contributed by atoms with E-state index in [-0.39, 0.29) is 11.3 Å². The average Bonchev–Trinajstić information content (AvgIpc) is 3.46. The number of carboxylic acid groups (broad SMARTS) is 1. The maximum Gasteiger partial charge on any atom is 0.416 e. The maximum atomic E-state index is 13.5. The highest BCUT2D eigenvalue weighted by atomic mass is 35.5. The van der Waals surface area contributed by atoms with E-state index >= 15 is 0 Å². The number of carboxylic acids is 1. The summed E-state index contributed by atoms with van der Waals surface area (Å²) in [5.41, 5.74) is 3.15. The highest BCUT2D eigenvalue weighted by Gasteiger charge is 2.31. The molecule has 43 heavy (non-hydrogen) atoms. The van der Waals surface area contributed by atoms with Gasteiger partial charge in [0.05, 0.1) is 5.56 Å². The minimum atomic E-state index is -4.45. The van der Waals surface area contributed by atoms with Crippen LogP contribution in [0.25, 0.3) is 22.0 Å². The summed E-state index contributed by atoms with van der Waals surface area (Å²) in [6, 6.07) is 23.2. The van der Waals surface area contributed by atoms with Gasteiger partial charge in [0.15, 0.2) is 0 Å². The summed E-state index contributed by atoms with van der Waals surface area (Å²) >= 11 is 6.02. The molecule has 0 saturated carbocycles. The van der Waals surface area contributed by atoms with Gasteiger partial charge in [-0.05, 0) is 77.4 Å². The van der Waals surface area contributed by atoms with E-state index in [4.69, 9.17) is 16.3 Å². The Morgan fingerprint density at radius 2 is 1.67 bits per heavy atom. The Bertz CT molecular complexity index is 1780. The van der Waals surface area contributed by atoms with Crippen molar-refractivity contribution in [2.24, 2.45) is 0 Å². The van der Waals surface area contributed by atoms with Crippen molar-refractivity contribution in [2.45, 2.75) is 12.7 Å². The second-order valence-corrected chi connectivity index (χ2v) is 10.9. The zero-order chi connectivity index (χ0) is 30.1. The Labute approximate surface area is 250 Å². The number of aromatic nitrogens is 1. The molecule has 4 aromatic carbocycles. The van der Waals surface area contributed by atoms with E-state index in [9.17, 15) is 23.1 Å². The number of fused-ring (bicyclic) bond motifs is 1. The molecule has 220 valence electrons. The molecule has 1 saturated heterocycles. The van der Waals surface area contributed by atoms with Crippen LogP contribution in [-0.4, -0.2) is 47.1 Å². The quantitative estimate of drug-likeness (QED) is 0.195. The molecule has 2 heterocycles. The minimum Gasteiger partial charge on any atom is -0.478 e. The first-order valence-corrected chi connectivity index (χ1v) is 14.1. The summed E-state index contributed by atoms with van der Waals surface area (Å²) in [4.78, 5) is 19.4. The summed E-state index contributed by atoms with van der Waals surface area (Å²) < 4.78 is 46.6. The van der Waals surface area contributed by atoms with Crippen molar-refractivity contribution in [1.82, 2.24) is 9.88 Å². The van der Waals surface area contributed by atoms with E-state index in [1.54, 1.807) is 54.6 Å². The smallest absolute Gasteiger partial charge is 0.416 e. The number of aromatic amines is 1. The van der Waals surface area contributed by atoms with Crippen LogP contribution in [0.3, 0.4) is 0 Å². The van der Waals surface area contributed by atoms with E-state index in [2.05, 4.69) is 14.8 Å². The van der Waals surface area contributed by atoms with Crippen molar-refractivity contribution in [2.75, 3.05) is 31.1 Å². The van der Waals surface area contributed by atoms with E-state index < -0.39 is 17.7 Å². The van der Waals surface area contributed by atoms with Crippen LogP contribution in [-0.2, 0) is 12.7 Å². The molecule has 0 radical (unpaired) electrons. The highest BCUT2D eigenvalue weighted by Crippen LogP contribution is 2.36. The van der Waals surface area contributed by atoms with Gasteiger partial charge in [-0.2, -0.15) is 13.2 Å². The second kappa shape index (κ2) is 11.7. The number of benzene rings is 4. The number of piperazine rings is 1. The van der Waals surface area contributed by atoms with Gasteiger partial charge in [0.25, 0.3) is 0 Å². The van der Waals surface area contributed by atoms with Gasteiger partial charge in [-0.3, -0.25) is 4.90 Å². The number of hydrogen-bond acceptors (Lipinski definition) is 4. The number of nitrogens with one attached hydrogen (secondary N) is 1. The summed E-state index contributed by atoms with van der Waals surface area (Å²) in [6.45, 7) is 3.12. The lowest BCUT2D eigenvalue weighted by atomic mass is 9.96. The van der Waals surface area contributed by atoms with Crippen molar-refractivity contribution in [3.63, 3.8) is 0 Å². The normalized spacial score (nSPS) is 14.3. The molecule has 0 spiro atoms. The van der Waals surface area contributed by atoms with E-state index in [0.29, 0.717) is 54.6 Å². The van der Waals surface area contributed by atoms with Gasteiger partial charge in [-0.15, -0.1) is 0 Å². The molecule has 0 aliphatic carbocycles. The zero-order valence-corrected chi connectivity index (χ0v) is 23.6. The van der Waals surface area contributed by atoms with Crippen molar-refractivity contribution < 1.29 is 27.8 Å². The zero-order valence-electron chi connectivity index (χ0n) is 22.9. The van der Waals surface area contributed by atoms with Crippen molar-refractivity contribution in [1.29, 1.82) is 0 Å². The molecule has 0 atom stereocenters. The molecular weight excluding hydrogens is 579 g/mol. The largest absolute Gasteiger partial charge is 0.478 e.